The second kappa shape index (κ2) is 9.67. The molecule has 0 bridgehead atoms. The molecule has 0 aliphatic rings. The zero-order valence-electron chi connectivity index (χ0n) is 18.6. The van der Waals surface area contributed by atoms with Crippen LogP contribution in [-0.2, 0) is 17.1 Å². The van der Waals surface area contributed by atoms with Gasteiger partial charge in [0.05, 0.1) is 17.9 Å². The Bertz CT molecular complexity index is 1230. The maximum absolute atomic E-state index is 12.4. The lowest BCUT2D eigenvalue weighted by Crippen LogP contribution is -2.22. The molecule has 0 fully saturated rings. The van der Waals surface area contributed by atoms with Crippen LogP contribution in [0.3, 0.4) is 0 Å². The second-order valence-electron chi connectivity index (χ2n) is 7.63. The van der Waals surface area contributed by atoms with Crippen LogP contribution in [0.15, 0.2) is 59.1 Å². The molecule has 0 aliphatic carbocycles. The van der Waals surface area contributed by atoms with E-state index in [1.807, 2.05) is 48.7 Å². The summed E-state index contributed by atoms with van der Waals surface area (Å²) in [5, 5.41) is 12.2. The third kappa shape index (κ3) is 4.92. The quantitative estimate of drug-likeness (QED) is 0.330. The average Bonchev–Trinajstić information content (AvgIpc) is 3.37. The van der Waals surface area contributed by atoms with Crippen LogP contribution in [0.1, 0.15) is 35.1 Å². The van der Waals surface area contributed by atoms with E-state index in [0.717, 1.165) is 34.5 Å². The van der Waals surface area contributed by atoms with Gasteiger partial charge in [-0.2, -0.15) is 0 Å². The first-order valence-corrected chi connectivity index (χ1v) is 12.2. The lowest BCUT2D eigenvalue weighted by Gasteiger charge is -2.19. The van der Waals surface area contributed by atoms with Crippen molar-refractivity contribution in [2.45, 2.75) is 45.1 Å². The summed E-state index contributed by atoms with van der Waals surface area (Å²) in [7, 11) is 0. The Hall–Kier alpha value is -2.97. The smallest absolute Gasteiger partial charge is 0.230 e. The van der Waals surface area contributed by atoms with Gasteiger partial charge in [-0.3, -0.25) is 9.69 Å². The van der Waals surface area contributed by atoms with E-state index in [2.05, 4.69) is 40.7 Å². The van der Waals surface area contributed by atoms with Crippen molar-refractivity contribution in [2.75, 3.05) is 4.90 Å². The number of rotatable bonds is 7. The molecule has 0 aliphatic heterocycles. The summed E-state index contributed by atoms with van der Waals surface area (Å²) in [6, 6.07) is 16.3. The van der Waals surface area contributed by atoms with Crippen molar-refractivity contribution in [3.63, 3.8) is 0 Å². The van der Waals surface area contributed by atoms with E-state index in [9.17, 15) is 4.79 Å². The molecule has 4 rings (SSSR count). The van der Waals surface area contributed by atoms with Crippen LogP contribution in [0.5, 0.6) is 0 Å². The number of amides is 1. The van der Waals surface area contributed by atoms with Crippen LogP contribution in [0.25, 0.3) is 0 Å². The van der Waals surface area contributed by atoms with Gasteiger partial charge in [0.15, 0.2) is 10.3 Å². The van der Waals surface area contributed by atoms with Gasteiger partial charge in [-0.1, -0.05) is 48.2 Å². The highest BCUT2D eigenvalue weighted by atomic mass is 32.2. The molecule has 32 heavy (non-hydrogen) atoms. The number of aromatic nitrogens is 4. The predicted octanol–water partition coefficient (Wildman–Crippen LogP) is 5.69. The lowest BCUT2D eigenvalue weighted by atomic mass is 10.1. The normalized spacial score (nSPS) is 11.0. The first-order chi connectivity index (χ1) is 15.4. The Kier molecular flexibility index (Phi) is 6.72. The number of thiazole rings is 1. The Morgan fingerprint density at radius 1 is 1.06 bits per heavy atom. The monoisotopic (exact) mass is 463 g/mol. The summed E-state index contributed by atoms with van der Waals surface area (Å²) >= 11 is 3.08. The van der Waals surface area contributed by atoms with Crippen molar-refractivity contribution < 1.29 is 4.79 Å². The van der Waals surface area contributed by atoms with Gasteiger partial charge >= 0.3 is 0 Å². The van der Waals surface area contributed by atoms with E-state index in [1.54, 1.807) is 23.6 Å². The molecule has 1 amide bonds. The van der Waals surface area contributed by atoms with Crippen molar-refractivity contribution in [3.05, 3.63) is 82.1 Å². The molecule has 2 aromatic heterocycles. The molecule has 0 atom stereocenters. The minimum Gasteiger partial charge on any atom is -0.302 e. The second-order valence-corrected chi connectivity index (χ2v) is 9.41. The van der Waals surface area contributed by atoms with Crippen molar-refractivity contribution in [2.24, 2.45) is 0 Å². The van der Waals surface area contributed by atoms with Crippen LogP contribution in [0, 0.1) is 20.8 Å². The molecule has 8 heteroatoms. The topological polar surface area (TPSA) is 63.9 Å². The van der Waals surface area contributed by atoms with E-state index in [0.29, 0.717) is 10.9 Å². The standard InChI is InChI=1S/C24H25N5OS2/c1-16-10-11-22(12-17(16)2)29(19(4)30)23-25-21(14-31-23)15-32-24-27-26-18(3)28(24)13-20-8-6-5-7-9-20/h5-12,14H,13,15H2,1-4H3. The van der Waals surface area contributed by atoms with Crippen LogP contribution in [0.2, 0.25) is 0 Å². The molecular formula is C24H25N5OS2. The number of nitrogens with zero attached hydrogens (tertiary/aromatic N) is 5. The number of carbonyl (C=O) groups is 1. The van der Waals surface area contributed by atoms with E-state index < -0.39 is 0 Å². The highest BCUT2D eigenvalue weighted by Crippen LogP contribution is 2.32. The predicted molar refractivity (Wildman–Crippen MR) is 131 cm³/mol. The van der Waals surface area contributed by atoms with Crippen LogP contribution >= 0.6 is 23.1 Å². The molecule has 0 radical (unpaired) electrons. The van der Waals surface area contributed by atoms with Crippen molar-refractivity contribution in [3.8, 4) is 0 Å². The molecule has 2 aromatic carbocycles. The number of anilines is 2. The van der Waals surface area contributed by atoms with E-state index >= 15 is 0 Å². The summed E-state index contributed by atoms with van der Waals surface area (Å²) in [5.74, 6) is 1.48. The lowest BCUT2D eigenvalue weighted by molar-refractivity contribution is -0.115. The zero-order valence-corrected chi connectivity index (χ0v) is 20.2. The number of hydrogen-bond acceptors (Lipinski definition) is 6. The Labute approximate surface area is 196 Å². The molecule has 0 unspecified atom stereocenters. The highest BCUT2D eigenvalue weighted by molar-refractivity contribution is 7.98. The number of benzene rings is 2. The molecule has 0 N–H and O–H groups in total. The Morgan fingerprint density at radius 3 is 2.56 bits per heavy atom. The highest BCUT2D eigenvalue weighted by Gasteiger charge is 2.19. The van der Waals surface area contributed by atoms with E-state index in [1.165, 1.54) is 22.5 Å². The zero-order chi connectivity index (χ0) is 22.7. The fraction of sp³-hybridized carbons (Fsp3) is 0.250. The summed E-state index contributed by atoms with van der Waals surface area (Å²) in [6.45, 7) is 8.38. The maximum atomic E-state index is 12.4. The van der Waals surface area contributed by atoms with Gasteiger partial charge < -0.3 is 4.57 Å². The third-order valence-corrected chi connectivity index (χ3v) is 7.10. The first kappa shape index (κ1) is 22.2. The van der Waals surface area contributed by atoms with Crippen molar-refractivity contribution in [1.82, 2.24) is 19.7 Å². The van der Waals surface area contributed by atoms with Gasteiger partial charge in [0, 0.05) is 18.1 Å². The Morgan fingerprint density at radius 2 is 1.84 bits per heavy atom. The molecule has 6 nitrogen and oxygen atoms in total. The van der Waals surface area contributed by atoms with Gasteiger partial charge in [0.25, 0.3) is 0 Å². The molecular weight excluding hydrogens is 438 g/mol. The van der Waals surface area contributed by atoms with Crippen molar-refractivity contribution in [1.29, 1.82) is 0 Å². The van der Waals surface area contributed by atoms with Gasteiger partial charge in [-0.25, -0.2) is 4.98 Å². The van der Waals surface area contributed by atoms with Crippen LogP contribution < -0.4 is 4.90 Å². The third-order valence-electron chi connectivity index (χ3n) is 5.23. The van der Waals surface area contributed by atoms with Gasteiger partial charge in [-0.05, 0) is 49.6 Å². The number of hydrogen-bond donors (Lipinski definition) is 0. The molecule has 0 saturated carbocycles. The van der Waals surface area contributed by atoms with Crippen molar-refractivity contribution >= 4 is 39.8 Å². The molecule has 2 heterocycles. The fourth-order valence-electron chi connectivity index (χ4n) is 3.31. The maximum Gasteiger partial charge on any atom is 0.230 e. The minimum atomic E-state index is -0.0555. The van der Waals surface area contributed by atoms with Gasteiger partial charge in [0.1, 0.15) is 5.82 Å². The molecule has 0 saturated heterocycles. The Balaban J connectivity index is 1.50. The molecule has 164 valence electrons. The number of thioether (sulfide) groups is 1. The van der Waals surface area contributed by atoms with Crippen LogP contribution in [-0.4, -0.2) is 25.7 Å². The summed E-state index contributed by atoms with van der Waals surface area (Å²) < 4.78 is 2.12. The largest absolute Gasteiger partial charge is 0.302 e. The number of aryl methyl sites for hydroxylation is 3. The molecule has 0 spiro atoms. The van der Waals surface area contributed by atoms with Gasteiger partial charge in [-0.15, -0.1) is 21.5 Å². The van der Waals surface area contributed by atoms with E-state index in [-0.39, 0.29) is 5.91 Å². The summed E-state index contributed by atoms with van der Waals surface area (Å²) in [4.78, 5) is 18.8. The summed E-state index contributed by atoms with van der Waals surface area (Å²) in [6.07, 6.45) is 0. The van der Waals surface area contributed by atoms with E-state index in [4.69, 9.17) is 4.98 Å². The summed E-state index contributed by atoms with van der Waals surface area (Å²) in [5.41, 5.74) is 5.31. The number of carbonyl (C=O) groups excluding carboxylic acids is 1. The minimum absolute atomic E-state index is 0.0555. The first-order valence-electron chi connectivity index (χ1n) is 10.3. The average molecular weight is 464 g/mol. The SMILES string of the molecule is CC(=O)N(c1ccc(C)c(C)c1)c1nc(CSc2nnc(C)n2Cc2ccccc2)cs1. The van der Waals surface area contributed by atoms with Gasteiger partial charge in [0.2, 0.25) is 5.91 Å². The molecule has 4 aromatic rings. The van der Waals surface area contributed by atoms with Crippen LogP contribution in [0.4, 0.5) is 10.8 Å². The fourth-order valence-corrected chi connectivity index (χ4v) is 5.18.